The summed E-state index contributed by atoms with van der Waals surface area (Å²) in [5.74, 6) is 0. The number of fused-ring (bicyclic) bond motifs is 2. The van der Waals surface area contributed by atoms with Gasteiger partial charge in [0.2, 0.25) is 0 Å². The molecule has 0 saturated heterocycles. The number of nitrogens with one attached hydrogen (secondary N) is 4. The Hall–Kier alpha value is -4.41. The molecule has 4 aromatic rings. The number of hydrogen-bond acceptors (Lipinski definition) is 7. The molecule has 0 atom stereocenters. The lowest BCUT2D eigenvalue weighted by molar-refractivity contribution is 0.187. The summed E-state index contributed by atoms with van der Waals surface area (Å²) in [6.45, 7) is 0. The minimum atomic E-state index is -1.14. The molecule has 0 aliphatic carbocycles. The van der Waals surface area contributed by atoms with Crippen LogP contribution < -0.4 is 20.1 Å². The fourth-order valence-corrected chi connectivity index (χ4v) is 2.40. The van der Waals surface area contributed by atoms with Gasteiger partial charge in [-0.15, -0.1) is 0 Å². The molecule has 4 amide bonds. The monoisotopic (exact) mass is 380 g/mol. The van der Waals surface area contributed by atoms with E-state index in [0.717, 1.165) is 0 Å². The van der Waals surface area contributed by atoms with Gasteiger partial charge >= 0.3 is 30.2 Å². The summed E-state index contributed by atoms with van der Waals surface area (Å²) in [5, 5.41) is 3.63. The van der Waals surface area contributed by atoms with Gasteiger partial charge in [0, 0.05) is 0 Å². The van der Waals surface area contributed by atoms with Crippen LogP contribution in [-0.4, -0.2) is 38.2 Å². The standard InChI is InChI=1S/C17H12N6O5/c24-13(22-16(25)27-14-18-9-5-1-2-6-10(9)19-14)23-17(26)28-15-20-11-7-3-4-8-12(11)21-15/h1-8H,(H,18,19)(H,20,21)(H2,22,23,24,25,26). The smallest absolute Gasteiger partial charge is 0.375 e. The van der Waals surface area contributed by atoms with Crippen molar-refractivity contribution in [1.82, 2.24) is 30.6 Å². The van der Waals surface area contributed by atoms with Gasteiger partial charge < -0.3 is 19.4 Å². The van der Waals surface area contributed by atoms with Crippen LogP contribution in [0, 0.1) is 0 Å². The summed E-state index contributed by atoms with van der Waals surface area (Å²) in [6, 6.07) is 12.7. The van der Waals surface area contributed by atoms with E-state index >= 15 is 0 Å². The Labute approximate surface area is 156 Å². The molecule has 0 unspecified atom stereocenters. The maximum Gasteiger partial charge on any atom is 0.423 e. The van der Waals surface area contributed by atoms with E-state index in [1.54, 1.807) is 48.5 Å². The molecule has 2 heterocycles. The molecule has 0 spiro atoms. The van der Waals surface area contributed by atoms with Gasteiger partial charge in [0.15, 0.2) is 0 Å². The quantitative estimate of drug-likeness (QED) is 0.417. The number of para-hydroxylation sites is 4. The summed E-state index contributed by atoms with van der Waals surface area (Å²) in [5.41, 5.74) is 2.49. The normalized spacial score (nSPS) is 10.6. The average molecular weight is 380 g/mol. The van der Waals surface area contributed by atoms with E-state index in [4.69, 9.17) is 9.47 Å². The van der Waals surface area contributed by atoms with Gasteiger partial charge in [-0.2, -0.15) is 9.97 Å². The molecule has 4 rings (SSSR count). The van der Waals surface area contributed by atoms with Crippen LogP contribution in [0.1, 0.15) is 0 Å². The highest BCUT2D eigenvalue weighted by atomic mass is 16.6. The van der Waals surface area contributed by atoms with Gasteiger partial charge in [-0.05, 0) is 24.3 Å². The Bertz CT molecular complexity index is 1040. The number of aromatic amines is 2. The van der Waals surface area contributed by atoms with E-state index < -0.39 is 18.2 Å². The van der Waals surface area contributed by atoms with Crippen molar-refractivity contribution >= 4 is 40.3 Å². The number of hydrogen-bond donors (Lipinski definition) is 4. The summed E-state index contributed by atoms with van der Waals surface area (Å²) < 4.78 is 9.72. The average Bonchev–Trinajstić information content (AvgIpc) is 3.23. The van der Waals surface area contributed by atoms with Gasteiger partial charge in [-0.25, -0.2) is 25.0 Å². The zero-order valence-corrected chi connectivity index (χ0v) is 14.1. The van der Waals surface area contributed by atoms with Gasteiger partial charge in [0.25, 0.3) is 0 Å². The van der Waals surface area contributed by atoms with Crippen molar-refractivity contribution < 1.29 is 23.9 Å². The van der Waals surface area contributed by atoms with Gasteiger partial charge in [-0.1, -0.05) is 24.3 Å². The Kier molecular flexibility index (Phi) is 4.30. The molecule has 2 aromatic carbocycles. The highest BCUT2D eigenvalue weighted by Crippen LogP contribution is 2.15. The molecule has 0 fully saturated rings. The number of carbonyl (C=O) groups is 3. The zero-order valence-electron chi connectivity index (χ0n) is 14.1. The lowest BCUT2D eigenvalue weighted by Crippen LogP contribution is -2.44. The number of amides is 4. The number of H-pyrrole nitrogens is 2. The number of urea groups is 1. The van der Waals surface area contributed by atoms with E-state index in [9.17, 15) is 14.4 Å². The van der Waals surface area contributed by atoms with Crippen molar-refractivity contribution in [3.63, 3.8) is 0 Å². The lowest BCUT2D eigenvalue weighted by Gasteiger charge is -2.04. The number of rotatable bonds is 2. The van der Waals surface area contributed by atoms with Crippen LogP contribution in [0.3, 0.4) is 0 Å². The Balaban J connectivity index is 1.30. The van der Waals surface area contributed by atoms with E-state index in [2.05, 4.69) is 19.9 Å². The predicted octanol–water partition coefficient (Wildman–Crippen LogP) is 2.44. The van der Waals surface area contributed by atoms with Crippen molar-refractivity contribution in [1.29, 1.82) is 0 Å². The summed E-state index contributed by atoms with van der Waals surface area (Å²) >= 11 is 0. The van der Waals surface area contributed by atoms with Crippen LogP contribution in [0.25, 0.3) is 22.1 Å². The first-order chi connectivity index (χ1) is 13.6. The first kappa shape index (κ1) is 17.0. The molecule has 140 valence electrons. The van der Waals surface area contributed by atoms with Crippen molar-refractivity contribution in [2.24, 2.45) is 0 Å². The minimum absolute atomic E-state index is 0.101. The SMILES string of the molecule is O=C(NC(=O)Oc1nc2ccccc2[nH]1)NC(=O)Oc1nc2ccccc2[nH]1. The molecule has 28 heavy (non-hydrogen) atoms. The third-order valence-corrected chi connectivity index (χ3v) is 3.55. The zero-order chi connectivity index (χ0) is 19.5. The number of benzene rings is 2. The number of imide groups is 2. The first-order valence-electron chi connectivity index (χ1n) is 7.98. The van der Waals surface area contributed by atoms with Crippen LogP contribution in [0.2, 0.25) is 0 Å². The van der Waals surface area contributed by atoms with E-state index in [1.807, 2.05) is 10.6 Å². The predicted molar refractivity (Wildman–Crippen MR) is 95.9 cm³/mol. The molecule has 0 bridgehead atoms. The molecule has 4 N–H and O–H groups in total. The van der Waals surface area contributed by atoms with Crippen molar-refractivity contribution in [2.45, 2.75) is 0 Å². The van der Waals surface area contributed by atoms with E-state index in [-0.39, 0.29) is 12.0 Å². The molecule has 11 nitrogen and oxygen atoms in total. The maximum atomic E-state index is 11.7. The largest absolute Gasteiger partial charge is 0.423 e. The molecule has 11 heteroatoms. The van der Waals surface area contributed by atoms with Crippen LogP contribution in [0.15, 0.2) is 48.5 Å². The van der Waals surface area contributed by atoms with Crippen molar-refractivity contribution in [2.75, 3.05) is 0 Å². The Morgan fingerprint density at radius 3 is 1.57 bits per heavy atom. The molecular weight excluding hydrogens is 368 g/mol. The second kappa shape index (κ2) is 7.07. The molecule has 0 saturated carbocycles. The van der Waals surface area contributed by atoms with E-state index in [1.165, 1.54) is 0 Å². The van der Waals surface area contributed by atoms with E-state index in [0.29, 0.717) is 22.1 Å². The van der Waals surface area contributed by atoms with Crippen LogP contribution in [-0.2, 0) is 0 Å². The topological polar surface area (TPSA) is 151 Å². The summed E-state index contributed by atoms with van der Waals surface area (Å²) in [4.78, 5) is 48.7. The molecular formula is C17H12N6O5. The Morgan fingerprint density at radius 2 is 1.14 bits per heavy atom. The highest BCUT2D eigenvalue weighted by molar-refractivity contribution is 5.99. The maximum absolute atomic E-state index is 11.7. The molecule has 0 aliphatic heterocycles. The van der Waals surface area contributed by atoms with Gasteiger partial charge in [-0.3, -0.25) is 0 Å². The molecule has 0 aliphatic rings. The van der Waals surface area contributed by atoms with Gasteiger partial charge in [0.05, 0.1) is 22.1 Å². The van der Waals surface area contributed by atoms with Gasteiger partial charge in [0.1, 0.15) is 0 Å². The molecule has 0 radical (unpaired) electrons. The van der Waals surface area contributed by atoms with Crippen LogP contribution in [0.5, 0.6) is 12.0 Å². The fraction of sp³-hybridized carbons (Fsp3) is 0. The number of imidazole rings is 2. The van der Waals surface area contributed by atoms with Crippen molar-refractivity contribution in [3.05, 3.63) is 48.5 Å². The van der Waals surface area contributed by atoms with Crippen LogP contribution >= 0.6 is 0 Å². The van der Waals surface area contributed by atoms with Crippen LogP contribution in [0.4, 0.5) is 14.4 Å². The third kappa shape index (κ3) is 3.72. The summed E-state index contributed by atoms with van der Waals surface area (Å²) in [6.07, 6.45) is -2.26. The van der Waals surface area contributed by atoms with Crippen molar-refractivity contribution in [3.8, 4) is 12.0 Å². The highest BCUT2D eigenvalue weighted by Gasteiger charge is 2.17. The number of nitrogens with zero attached hydrogens (tertiary/aromatic N) is 2. The minimum Gasteiger partial charge on any atom is -0.375 e. The second-order valence-electron chi connectivity index (χ2n) is 5.48. The second-order valence-corrected chi connectivity index (χ2v) is 5.48. The number of carbonyl (C=O) groups excluding carboxylic acids is 3. The third-order valence-electron chi connectivity index (χ3n) is 3.55. The first-order valence-corrected chi connectivity index (χ1v) is 7.98. The number of aromatic nitrogens is 4. The lowest BCUT2D eigenvalue weighted by atomic mass is 10.3. The molecule has 2 aromatic heterocycles. The fourth-order valence-electron chi connectivity index (χ4n) is 2.40. The Morgan fingerprint density at radius 1 is 0.714 bits per heavy atom. The summed E-state index contributed by atoms with van der Waals surface area (Å²) in [7, 11) is 0. The number of ether oxygens (including phenoxy) is 2.